The van der Waals surface area contributed by atoms with E-state index >= 15 is 0 Å². The minimum Gasteiger partial charge on any atom is -0.354 e. The lowest BCUT2D eigenvalue weighted by Gasteiger charge is -2.34. The third kappa shape index (κ3) is 4.96. The second-order valence-corrected chi connectivity index (χ2v) is 5.50. The molecular weight excluding hydrogens is 384 g/mol. The molecule has 0 saturated carbocycles. The molecule has 0 saturated heterocycles. The van der Waals surface area contributed by atoms with Crippen LogP contribution in [0.15, 0.2) is 28.8 Å². The molecule has 12 heteroatoms. The van der Waals surface area contributed by atoms with Crippen molar-refractivity contribution in [3.63, 3.8) is 0 Å². The van der Waals surface area contributed by atoms with Crippen molar-refractivity contribution >= 4 is 5.91 Å². The first kappa shape index (κ1) is 20.7. The highest BCUT2D eigenvalue weighted by Crippen LogP contribution is 2.36. The summed E-state index contributed by atoms with van der Waals surface area (Å²) in [6.45, 7) is 1.02. The standard InChI is InChI=1S/C15H13F6N3O3/c1-8(25)23-13(26-2,7-14(16,17)18)10-5-3-9(4-6-10)11-22-12(27-24-11)15(19,20)21/h3-6H,7H2,1-2H3,(H,23,25). The van der Waals surface area contributed by atoms with Crippen LogP contribution in [-0.2, 0) is 21.4 Å². The second-order valence-electron chi connectivity index (χ2n) is 5.50. The van der Waals surface area contributed by atoms with Crippen molar-refractivity contribution in [1.29, 1.82) is 0 Å². The summed E-state index contributed by atoms with van der Waals surface area (Å²) in [4.78, 5) is 14.6. The zero-order valence-electron chi connectivity index (χ0n) is 13.9. The molecule has 2 aromatic rings. The van der Waals surface area contributed by atoms with Gasteiger partial charge in [-0.15, -0.1) is 0 Å². The van der Waals surface area contributed by atoms with Crippen LogP contribution in [0.1, 0.15) is 24.8 Å². The molecule has 0 aliphatic carbocycles. The highest BCUT2D eigenvalue weighted by Gasteiger charge is 2.45. The number of nitrogens with one attached hydrogen (secondary N) is 1. The number of aromatic nitrogens is 2. The molecule has 0 radical (unpaired) electrons. The van der Waals surface area contributed by atoms with Gasteiger partial charge in [0.25, 0.3) is 0 Å². The zero-order valence-corrected chi connectivity index (χ0v) is 13.9. The lowest BCUT2D eigenvalue weighted by atomic mass is 9.97. The van der Waals surface area contributed by atoms with E-state index in [-0.39, 0.29) is 11.1 Å². The fourth-order valence-electron chi connectivity index (χ4n) is 2.37. The molecule has 0 spiro atoms. The molecular formula is C15H13F6N3O3. The average Bonchev–Trinajstić information content (AvgIpc) is 3.02. The number of amides is 1. The number of methoxy groups -OCH3 is 1. The Morgan fingerprint density at radius 2 is 1.74 bits per heavy atom. The number of benzene rings is 1. The second kappa shape index (κ2) is 7.18. The third-order valence-electron chi connectivity index (χ3n) is 3.45. The van der Waals surface area contributed by atoms with Crippen LogP contribution < -0.4 is 5.32 Å². The summed E-state index contributed by atoms with van der Waals surface area (Å²) in [6.07, 6.45) is -11.0. The maximum atomic E-state index is 13.0. The Morgan fingerprint density at radius 1 is 1.15 bits per heavy atom. The van der Waals surface area contributed by atoms with E-state index in [0.29, 0.717) is 0 Å². The van der Waals surface area contributed by atoms with Crippen molar-refractivity contribution in [2.75, 3.05) is 7.11 Å². The number of halogens is 6. The molecule has 6 nitrogen and oxygen atoms in total. The number of hydrogen-bond donors (Lipinski definition) is 1. The van der Waals surface area contributed by atoms with Gasteiger partial charge in [0.05, 0.1) is 6.42 Å². The molecule has 1 aromatic carbocycles. The van der Waals surface area contributed by atoms with Crippen LogP contribution in [0.5, 0.6) is 0 Å². The van der Waals surface area contributed by atoms with Crippen molar-refractivity contribution in [2.45, 2.75) is 31.4 Å². The molecule has 1 aromatic heterocycles. The van der Waals surface area contributed by atoms with Crippen LogP contribution in [0.25, 0.3) is 11.4 Å². The van der Waals surface area contributed by atoms with E-state index in [9.17, 15) is 31.1 Å². The first-order chi connectivity index (χ1) is 12.4. The van der Waals surface area contributed by atoms with Crippen LogP contribution in [-0.4, -0.2) is 29.3 Å². The maximum Gasteiger partial charge on any atom is 0.471 e. The van der Waals surface area contributed by atoms with E-state index in [2.05, 4.69) is 20.0 Å². The van der Waals surface area contributed by atoms with Gasteiger partial charge in [0, 0.05) is 25.2 Å². The predicted octanol–water partition coefficient (Wildman–Crippen LogP) is 3.64. The summed E-state index contributed by atoms with van der Waals surface area (Å²) in [5.74, 6) is -2.71. The normalized spacial score (nSPS) is 14.7. The molecule has 1 unspecified atom stereocenters. The van der Waals surface area contributed by atoms with Crippen molar-refractivity contribution in [1.82, 2.24) is 15.5 Å². The lowest BCUT2D eigenvalue weighted by Crippen LogP contribution is -2.49. The van der Waals surface area contributed by atoms with Gasteiger partial charge in [-0.05, 0) is 0 Å². The fourth-order valence-corrected chi connectivity index (χ4v) is 2.37. The number of alkyl halides is 6. The summed E-state index contributed by atoms with van der Waals surface area (Å²) in [5.41, 5.74) is -2.20. The van der Waals surface area contributed by atoms with Crippen LogP contribution in [0.3, 0.4) is 0 Å². The van der Waals surface area contributed by atoms with E-state index in [1.54, 1.807) is 0 Å². The van der Waals surface area contributed by atoms with Gasteiger partial charge in [-0.25, -0.2) is 0 Å². The van der Waals surface area contributed by atoms with Gasteiger partial charge in [0.2, 0.25) is 11.7 Å². The molecule has 1 atom stereocenters. The van der Waals surface area contributed by atoms with Crippen LogP contribution in [0.4, 0.5) is 26.3 Å². The number of rotatable bonds is 5. The van der Waals surface area contributed by atoms with E-state index in [1.807, 2.05) is 0 Å². The quantitative estimate of drug-likeness (QED) is 0.616. The largest absolute Gasteiger partial charge is 0.471 e. The minimum absolute atomic E-state index is 0.0674. The van der Waals surface area contributed by atoms with Crippen molar-refractivity contribution < 1.29 is 40.4 Å². The minimum atomic E-state index is -4.82. The molecule has 148 valence electrons. The summed E-state index contributed by atoms with van der Waals surface area (Å²) in [5, 5.41) is 5.31. The Hall–Kier alpha value is -2.63. The molecule has 27 heavy (non-hydrogen) atoms. The zero-order chi connectivity index (χ0) is 20.5. The van der Waals surface area contributed by atoms with E-state index in [1.165, 1.54) is 12.1 Å². The number of carbonyl (C=O) groups excluding carboxylic acids is 1. The highest BCUT2D eigenvalue weighted by atomic mass is 19.4. The monoisotopic (exact) mass is 397 g/mol. The summed E-state index contributed by atoms with van der Waals surface area (Å²) >= 11 is 0. The topological polar surface area (TPSA) is 77.2 Å². The van der Waals surface area contributed by atoms with Crippen LogP contribution >= 0.6 is 0 Å². The molecule has 0 bridgehead atoms. The number of carbonyl (C=O) groups is 1. The number of ether oxygens (including phenoxy) is 1. The Kier molecular flexibility index (Phi) is 5.50. The molecule has 0 fully saturated rings. The van der Waals surface area contributed by atoms with Crippen LogP contribution in [0.2, 0.25) is 0 Å². The molecule has 1 heterocycles. The maximum absolute atomic E-state index is 13.0. The van der Waals surface area contributed by atoms with Crippen molar-refractivity contribution in [3.8, 4) is 11.4 Å². The number of hydrogen-bond acceptors (Lipinski definition) is 5. The number of nitrogens with zero attached hydrogens (tertiary/aromatic N) is 2. The van der Waals surface area contributed by atoms with E-state index in [0.717, 1.165) is 26.2 Å². The average molecular weight is 397 g/mol. The van der Waals surface area contributed by atoms with Gasteiger partial charge < -0.3 is 14.6 Å². The molecule has 1 N–H and O–H groups in total. The Bertz CT molecular complexity index is 800. The molecule has 2 rings (SSSR count). The van der Waals surface area contributed by atoms with Gasteiger partial charge in [0.1, 0.15) is 0 Å². The van der Waals surface area contributed by atoms with Gasteiger partial charge in [-0.3, -0.25) is 4.79 Å². The molecule has 0 aliphatic rings. The SMILES string of the molecule is COC(CC(F)(F)F)(NC(C)=O)c1ccc(-c2noc(C(F)(F)F)n2)cc1. The summed E-state index contributed by atoms with van der Waals surface area (Å²) in [6, 6.07) is 4.69. The van der Waals surface area contributed by atoms with E-state index < -0.39 is 42.1 Å². The Labute approximate surface area is 148 Å². The fraction of sp³-hybridized carbons (Fsp3) is 0.400. The Morgan fingerprint density at radius 3 is 2.15 bits per heavy atom. The molecule has 1 amide bonds. The van der Waals surface area contributed by atoms with Gasteiger partial charge in [-0.2, -0.15) is 31.3 Å². The smallest absolute Gasteiger partial charge is 0.354 e. The first-order valence-corrected chi connectivity index (χ1v) is 7.29. The summed E-state index contributed by atoms with van der Waals surface area (Å²) < 4.78 is 85.5. The van der Waals surface area contributed by atoms with Gasteiger partial charge in [0.15, 0.2) is 5.72 Å². The van der Waals surface area contributed by atoms with Crippen LogP contribution in [0, 0.1) is 0 Å². The van der Waals surface area contributed by atoms with Gasteiger partial charge >= 0.3 is 18.2 Å². The summed E-state index contributed by atoms with van der Waals surface area (Å²) in [7, 11) is 0.990. The van der Waals surface area contributed by atoms with Crippen molar-refractivity contribution in [3.05, 3.63) is 35.7 Å². The van der Waals surface area contributed by atoms with Crippen molar-refractivity contribution in [2.24, 2.45) is 0 Å². The first-order valence-electron chi connectivity index (χ1n) is 7.29. The lowest BCUT2D eigenvalue weighted by molar-refractivity contribution is -0.195. The molecule has 0 aliphatic heterocycles. The van der Waals surface area contributed by atoms with E-state index in [4.69, 9.17) is 4.74 Å². The highest BCUT2D eigenvalue weighted by molar-refractivity contribution is 5.74. The predicted molar refractivity (Wildman–Crippen MR) is 77.9 cm³/mol. The Balaban J connectivity index is 2.39. The van der Waals surface area contributed by atoms with Gasteiger partial charge in [-0.1, -0.05) is 29.4 Å². The third-order valence-corrected chi connectivity index (χ3v) is 3.45.